The van der Waals surface area contributed by atoms with E-state index < -0.39 is 37.9 Å². The summed E-state index contributed by atoms with van der Waals surface area (Å²) in [6, 6.07) is 0. The molecular weight excluding hydrogens is 535 g/mol. The number of hydrogen-bond donors (Lipinski definition) is 3. The van der Waals surface area contributed by atoms with Gasteiger partial charge < -0.3 is 24.0 Å². The molecule has 0 radical (unpaired) electrons. The molecule has 1 aromatic rings. The molecule has 3 N–H and O–H groups in total. The van der Waals surface area contributed by atoms with Gasteiger partial charge in [0.2, 0.25) is 0 Å². The van der Waals surface area contributed by atoms with E-state index in [4.69, 9.17) is 14.0 Å². The van der Waals surface area contributed by atoms with Crippen LogP contribution in [0.3, 0.4) is 0 Å². The highest BCUT2D eigenvalue weighted by Gasteiger charge is 2.23. The van der Waals surface area contributed by atoms with Gasteiger partial charge in [0, 0.05) is 18.4 Å². The van der Waals surface area contributed by atoms with E-state index in [1.54, 1.807) is 6.92 Å². The number of unbranched alkanes of at least 4 members (excludes halogenated alkanes) is 15. The SMILES string of the molecule is CCCCCCCCCCCCCCCCCCOCCOP(=O)(O)CO[C@H](CO)Cn1cc(C)c(=O)[nH]c1=O. The number of rotatable bonds is 27. The molecule has 10 nitrogen and oxygen atoms in total. The number of aryl methyl sites for hydroxylation is 1. The van der Waals surface area contributed by atoms with Gasteiger partial charge in [0.1, 0.15) is 6.35 Å². The second-order valence-electron chi connectivity index (χ2n) is 10.7. The summed E-state index contributed by atoms with van der Waals surface area (Å²) in [6.45, 7) is 3.99. The van der Waals surface area contributed by atoms with Crippen molar-refractivity contribution < 1.29 is 28.6 Å². The van der Waals surface area contributed by atoms with Crippen molar-refractivity contribution in [2.75, 3.05) is 32.8 Å². The lowest BCUT2D eigenvalue weighted by molar-refractivity contribution is 0.0147. The van der Waals surface area contributed by atoms with Gasteiger partial charge in [-0.05, 0) is 13.3 Å². The van der Waals surface area contributed by atoms with Crippen LogP contribution in [0.15, 0.2) is 15.8 Å². The Kier molecular flexibility index (Phi) is 21.4. The highest BCUT2D eigenvalue weighted by atomic mass is 31.2. The first-order valence-electron chi connectivity index (χ1n) is 15.4. The van der Waals surface area contributed by atoms with E-state index >= 15 is 0 Å². The van der Waals surface area contributed by atoms with Crippen LogP contribution in [0.2, 0.25) is 0 Å². The number of H-pyrrole nitrogens is 1. The summed E-state index contributed by atoms with van der Waals surface area (Å²) in [6.07, 6.45) is 20.8. The molecule has 0 aliphatic carbocycles. The third-order valence-corrected chi connectivity index (χ3v) is 7.99. The van der Waals surface area contributed by atoms with Crippen LogP contribution in [-0.2, 0) is 25.1 Å². The highest BCUT2D eigenvalue weighted by molar-refractivity contribution is 7.52. The van der Waals surface area contributed by atoms with E-state index in [1.807, 2.05) is 0 Å². The summed E-state index contributed by atoms with van der Waals surface area (Å²) in [4.78, 5) is 35.5. The smallest absolute Gasteiger partial charge is 0.353 e. The average molecular weight is 591 g/mol. The molecule has 0 bridgehead atoms. The monoisotopic (exact) mass is 590 g/mol. The maximum Gasteiger partial charge on any atom is 0.353 e. The first-order chi connectivity index (χ1) is 19.3. The molecule has 11 heteroatoms. The second-order valence-corrected chi connectivity index (χ2v) is 12.5. The van der Waals surface area contributed by atoms with Crippen molar-refractivity contribution in [1.29, 1.82) is 0 Å². The van der Waals surface area contributed by atoms with E-state index in [-0.39, 0.29) is 19.8 Å². The highest BCUT2D eigenvalue weighted by Crippen LogP contribution is 2.41. The largest absolute Gasteiger partial charge is 0.394 e. The minimum Gasteiger partial charge on any atom is -0.394 e. The van der Waals surface area contributed by atoms with Crippen LogP contribution in [0.25, 0.3) is 0 Å². The van der Waals surface area contributed by atoms with Gasteiger partial charge in [-0.2, -0.15) is 0 Å². The van der Waals surface area contributed by atoms with Crippen LogP contribution in [0, 0.1) is 6.92 Å². The Morgan fingerprint density at radius 3 is 1.90 bits per heavy atom. The summed E-state index contributed by atoms with van der Waals surface area (Å²) >= 11 is 0. The predicted octanol–water partition coefficient (Wildman–Crippen LogP) is 5.66. The van der Waals surface area contributed by atoms with Crippen molar-refractivity contribution in [2.45, 2.75) is 129 Å². The van der Waals surface area contributed by atoms with Crippen LogP contribution in [-0.4, -0.2) is 58.4 Å². The van der Waals surface area contributed by atoms with E-state index in [0.717, 1.165) is 12.8 Å². The van der Waals surface area contributed by atoms with Gasteiger partial charge in [0.05, 0.1) is 32.5 Å². The third-order valence-electron chi connectivity index (χ3n) is 6.93. The lowest BCUT2D eigenvalue weighted by Gasteiger charge is -2.19. The number of aromatic nitrogens is 2. The van der Waals surface area contributed by atoms with Crippen LogP contribution in [0.5, 0.6) is 0 Å². The molecule has 1 unspecified atom stereocenters. The van der Waals surface area contributed by atoms with Crippen molar-refractivity contribution in [2.24, 2.45) is 0 Å². The number of hydrogen-bond acceptors (Lipinski definition) is 7. The number of aliphatic hydroxyl groups is 1. The molecule has 0 amide bonds. The Labute approximate surface area is 240 Å². The first-order valence-corrected chi connectivity index (χ1v) is 17.1. The number of nitrogens with zero attached hydrogens (tertiary/aromatic N) is 1. The number of nitrogens with one attached hydrogen (secondary N) is 1. The Bertz CT molecular complexity index is 920. The van der Waals surface area contributed by atoms with E-state index in [2.05, 4.69) is 11.9 Å². The van der Waals surface area contributed by atoms with E-state index in [0.29, 0.717) is 12.2 Å². The number of aliphatic hydroxyl groups excluding tert-OH is 1. The maximum absolute atomic E-state index is 12.2. The standard InChI is InChI=1S/C29H55N2O8P/c1-3-4-5-6-7-8-9-10-11-12-13-14-15-16-17-18-19-37-20-21-39-40(35,36)25-38-27(24-32)23-31-22-26(2)28(33)30-29(31)34/h22,27,32H,3-21,23-25H2,1-2H3,(H,35,36)(H,30,33,34)/t27-/m0/s1. The van der Waals surface area contributed by atoms with Crippen molar-refractivity contribution in [1.82, 2.24) is 9.55 Å². The van der Waals surface area contributed by atoms with Crippen molar-refractivity contribution in [3.05, 3.63) is 32.6 Å². The molecule has 0 saturated heterocycles. The van der Waals surface area contributed by atoms with Crippen molar-refractivity contribution >= 4 is 7.60 Å². The molecule has 0 aliphatic rings. The zero-order valence-corrected chi connectivity index (χ0v) is 25.8. The maximum atomic E-state index is 12.2. The topological polar surface area (TPSA) is 140 Å². The fourth-order valence-electron chi connectivity index (χ4n) is 4.47. The van der Waals surface area contributed by atoms with Crippen LogP contribution in [0.1, 0.15) is 115 Å². The molecule has 2 atom stereocenters. The Hall–Kier alpha value is -1.29. The summed E-state index contributed by atoms with van der Waals surface area (Å²) in [5.74, 6) is 0. The van der Waals surface area contributed by atoms with Crippen LogP contribution in [0.4, 0.5) is 0 Å². The minimum absolute atomic E-state index is 0.0433. The molecule has 0 aromatic carbocycles. The lowest BCUT2D eigenvalue weighted by Crippen LogP contribution is -2.35. The van der Waals surface area contributed by atoms with Crippen molar-refractivity contribution in [3.63, 3.8) is 0 Å². The Balaban J connectivity index is 1.97. The van der Waals surface area contributed by atoms with Crippen LogP contribution < -0.4 is 11.2 Å². The van der Waals surface area contributed by atoms with Gasteiger partial charge in [-0.3, -0.25) is 18.9 Å². The molecule has 1 aromatic heterocycles. The average Bonchev–Trinajstić information content (AvgIpc) is 2.92. The van der Waals surface area contributed by atoms with Gasteiger partial charge in [-0.25, -0.2) is 4.79 Å². The fourth-order valence-corrected chi connectivity index (χ4v) is 5.30. The third kappa shape index (κ3) is 18.9. The van der Waals surface area contributed by atoms with E-state index in [9.17, 15) is 24.2 Å². The molecule has 40 heavy (non-hydrogen) atoms. The van der Waals surface area contributed by atoms with Gasteiger partial charge in [-0.15, -0.1) is 0 Å². The lowest BCUT2D eigenvalue weighted by atomic mass is 10.0. The van der Waals surface area contributed by atoms with Gasteiger partial charge in [0.25, 0.3) is 5.56 Å². The molecule has 0 saturated carbocycles. The minimum atomic E-state index is -4.05. The van der Waals surface area contributed by atoms with Crippen LogP contribution >= 0.6 is 7.60 Å². The number of ether oxygens (including phenoxy) is 2. The summed E-state index contributed by atoms with van der Waals surface area (Å²) in [7, 11) is -4.05. The molecule has 0 fully saturated rings. The predicted molar refractivity (Wildman–Crippen MR) is 159 cm³/mol. The zero-order valence-electron chi connectivity index (χ0n) is 24.9. The summed E-state index contributed by atoms with van der Waals surface area (Å²) in [5.41, 5.74) is -0.817. The second kappa shape index (κ2) is 23.3. The molecule has 234 valence electrons. The molecule has 1 heterocycles. The summed E-state index contributed by atoms with van der Waals surface area (Å²) in [5, 5.41) is 9.51. The zero-order chi connectivity index (χ0) is 29.5. The van der Waals surface area contributed by atoms with Gasteiger partial charge >= 0.3 is 13.3 Å². The van der Waals surface area contributed by atoms with Gasteiger partial charge in [0.15, 0.2) is 0 Å². The van der Waals surface area contributed by atoms with Crippen molar-refractivity contribution in [3.8, 4) is 0 Å². The number of aromatic amines is 1. The van der Waals surface area contributed by atoms with Gasteiger partial charge in [-0.1, -0.05) is 103 Å². The first kappa shape index (κ1) is 36.7. The molecule has 0 spiro atoms. The fraction of sp³-hybridized carbons (Fsp3) is 0.862. The quantitative estimate of drug-likeness (QED) is 0.0881. The molecular formula is C29H55N2O8P. The molecule has 0 aliphatic heterocycles. The Morgan fingerprint density at radius 2 is 1.38 bits per heavy atom. The normalized spacial score (nSPS) is 13.9. The van der Waals surface area contributed by atoms with E-state index in [1.165, 1.54) is 101 Å². The Morgan fingerprint density at radius 1 is 0.850 bits per heavy atom. The molecule has 1 rings (SSSR count). The summed E-state index contributed by atoms with van der Waals surface area (Å²) < 4.78 is 29.2.